The molecule has 0 aliphatic carbocycles. The second kappa shape index (κ2) is 11.4. The summed E-state index contributed by atoms with van der Waals surface area (Å²) in [6.45, 7) is 0.250. The number of aliphatic hydroxyl groups is 1. The normalized spacial score (nSPS) is 15.8. The van der Waals surface area contributed by atoms with E-state index in [1.54, 1.807) is 30.3 Å². The summed E-state index contributed by atoms with van der Waals surface area (Å²) >= 11 is 0. The molecule has 0 saturated heterocycles. The average molecular weight is 561 g/mol. The van der Waals surface area contributed by atoms with Crippen molar-refractivity contribution in [3.05, 3.63) is 94.5 Å². The summed E-state index contributed by atoms with van der Waals surface area (Å²) in [7, 11) is 2.94. The zero-order valence-corrected chi connectivity index (χ0v) is 22.6. The van der Waals surface area contributed by atoms with E-state index in [9.17, 15) is 30.6 Å². The second-order valence-corrected chi connectivity index (χ2v) is 10.1. The smallest absolute Gasteiger partial charge is 0.203 e. The monoisotopic (exact) mass is 560 g/mol. The number of hydrogen-bond donors (Lipinski definition) is 6. The highest BCUT2D eigenvalue weighted by Crippen LogP contribution is 2.47. The first kappa shape index (κ1) is 27.8. The summed E-state index contributed by atoms with van der Waals surface area (Å²) in [5.41, 5.74) is 2.77. The van der Waals surface area contributed by atoms with Gasteiger partial charge in [-0.15, -0.1) is 0 Å². The lowest BCUT2D eigenvalue weighted by molar-refractivity contribution is 0.154. The van der Waals surface area contributed by atoms with Gasteiger partial charge in [0, 0.05) is 40.7 Å². The fraction of sp³-hybridized carbons (Fsp3) is 0.250. The Labute approximate surface area is 237 Å². The van der Waals surface area contributed by atoms with E-state index in [4.69, 9.17) is 14.2 Å². The van der Waals surface area contributed by atoms with E-state index in [-0.39, 0.29) is 53.4 Å². The largest absolute Gasteiger partial charge is 0.508 e. The summed E-state index contributed by atoms with van der Waals surface area (Å²) in [4.78, 5) is 0. The minimum absolute atomic E-state index is 0.0425. The molecule has 4 aromatic carbocycles. The Balaban J connectivity index is 1.54. The van der Waals surface area contributed by atoms with Gasteiger partial charge >= 0.3 is 0 Å². The topological polar surface area (TPSA) is 149 Å². The van der Waals surface area contributed by atoms with Crippen molar-refractivity contribution in [3.8, 4) is 46.0 Å². The molecule has 9 nitrogen and oxygen atoms in total. The number of fused-ring (bicyclic) bond motifs is 1. The molecule has 41 heavy (non-hydrogen) atoms. The molecule has 0 spiro atoms. The van der Waals surface area contributed by atoms with Crippen LogP contribution >= 0.6 is 0 Å². The molecular weight excluding hydrogens is 528 g/mol. The third kappa shape index (κ3) is 5.49. The van der Waals surface area contributed by atoms with E-state index < -0.39 is 12.0 Å². The highest BCUT2D eigenvalue weighted by molar-refractivity contribution is 5.58. The number of benzene rings is 4. The van der Waals surface area contributed by atoms with E-state index in [1.807, 2.05) is 0 Å². The summed E-state index contributed by atoms with van der Waals surface area (Å²) in [5, 5.41) is 63.8. The zero-order valence-electron chi connectivity index (χ0n) is 22.6. The van der Waals surface area contributed by atoms with Crippen LogP contribution in [0, 0.1) is 0 Å². The summed E-state index contributed by atoms with van der Waals surface area (Å²) in [6.07, 6.45) is -0.497. The van der Waals surface area contributed by atoms with Crippen LogP contribution in [-0.4, -0.2) is 57.6 Å². The summed E-state index contributed by atoms with van der Waals surface area (Å²) < 4.78 is 16.6. The fourth-order valence-electron chi connectivity index (χ4n) is 5.51. The van der Waals surface area contributed by atoms with Crippen LogP contribution < -0.4 is 14.2 Å². The Morgan fingerprint density at radius 2 is 1.51 bits per heavy atom. The molecule has 4 aromatic rings. The molecule has 0 radical (unpaired) electrons. The van der Waals surface area contributed by atoms with Crippen LogP contribution in [0.4, 0.5) is 0 Å². The third-order valence-electron chi connectivity index (χ3n) is 7.56. The number of phenolic OH excluding ortho intramolecular Hbond substituents is 5. The number of phenols is 5. The second-order valence-electron chi connectivity index (χ2n) is 10.1. The molecule has 0 bridgehead atoms. The van der Waals surface area contributed by atoms with Crippen LogP contribution in [0.15, 0.2) is 66.7 Å². The molecule has 0 amide bonds. The molecule has 6 N–H and O–H groups in total. The van der Waals surface area contributed by atoms with Crippen LogP contribution in [0.2, 0.25) is 0 Å². The van der Waals surface area contributed by atoms with Crippen molar-refractivity contribution in [1.29, 1.82) is 0 Å². The first-order valence-electron chi connectivity index (χ1n) is 13.1. The number of methoxy groups -OCH3 is 2. The Kier molecular flexibility index (Phi) is 7.72. The Bertz CT molecular complexity index is 1550. The van der Waals surface area contributed by atoms with Gasteiger partial charge in [-0.2, -0.15) is 0 Å². The SMILES string of the molecule is COc1ccc(C2COc3cc(O)c(C(c4ccc(O)cc4O)C(O)Cc4ccc(O)cc4)cc3C2)c(O)c1OC. The minimum Gasteiger partial charge on any atom is -0.508 e. The predicted octanol–water partition coefficient (Wildman–Crippen LogP) is 4.69. The van der Waals surface area contributed by atoms with Crippen LogP contribution in [0.3, 0.4) is 0 Å². The van der Waals surface area contributed by atoms with E-state index in [0.717, 1.165) is 11.1 Å². The van der Waals surface area contributed by atoms with E-state index >= 15 is 0 Å². The van der Waals surface area contributed by atoms with Crippen molar-refractivity contribution in [3.63, 3.8) is 0 Å². The quantitative estimate of drug-likeness (QED) is 0.181. The van der Waals surface area contributed by atoms with Crippen molar-refractivity contribution in [2.45, 2.75) is 30.8 Å². The average Bonchev–Trinajstić information content (AvgIpc) is 2.95. The number of ether oxygens (including phenoxy) is 3. The lowest BCUT2D eigenvalue weighted by Gasteiger charge is -2.30. The van der Waals surface area contributed by atoms with Crippen molar-refractivity contribution < 1.29 is 44.8 Å². The molecular formula is C32H32O9. The number of aliphatic hydroxyl groups excluding tert-OH is 1. The van der Waals surface area contributed by atoms with Crippen molar-refractivity contribution in [1.82, 2.24) is 0 Å². The summed E-state index contributed by atoms with van der Waals surface area (Å²) in [6, 6.07) is 17.2. The lowest BCUT2D eigenvalue weighted by Crippen LogP contribution is -2.24. The number of hydrogen-bond acceptors (Lipinski definition) is 9. The molecule has 0 fully saturated rings. The summed E-state index contributed by atoms with van der Waals surface area (Å²) in [5.74, 6) is -0.480. The van der Waals surface area contributed by atoms with Gasteiger partial charge in [-0.3, -0.25) is 0 Å². The number of rotatable bonds is 8. The van der Waals surface area contributed by atoms with E-state index in [0.29, 0.717) is 34.6 Å². The molecule has 5 rings (SSSR count). The maximum atomic E-state index is 11.5. The molecule has 3 unspecified atom stereocenters. The van der Waals surface area contributed by atoms with Crippen molar-refractivity contribution in [2.24, 2.45) is 0 Å². The van der Waals surface area contributed by atoms with Gasteiger partial charge in [-0.05, 0) is 54.3 Å². The van der Waals surface area contributed by atoms with E-state index in [2.05, 4.69) is 0 Å². The molecule has 3 atom stereocenters. The third-order valence-corrected chi connectivity index (χ3v) is 7.56. The van der Waals surface area contributed by atoms with Gasteiger partial charge in [0.15, 0.2) is 11.5 Å². The Morgan fingerprint density at radius 3 is 2.20 bits per heavy atom. The standard InChI is InChI=1S/C32H32O9/c1-39-28-10-9-22(31(38)32(28)40-2)19-12-18-13-24(26(36)15-29(18)41-16-19)30(23-8-7-21(34)14-25(23)35)27(37)11-17-3-5-20(33)6-4-17/h3-10,13-15,19,27,30,33-38H,11-12,16H2,1-2H3. The predicted molar refractivity (Wildman–Crippen MR) is 151 cm³/mol. The van der Waals surface area contributed by atoms with Gasteiger partial charge in [-0.25, -0.2) is 0 Å². The van der Waals surface area contributed by atoms with Gasteiger partial charge in [-0.1, -0.05) is 24.3 Å². The maximum absolute atomic E-state index is 11.5. The first-order valence-corrected chi connectivity index (χ1v) is 13.1. The number of aromatic hydroxyl groups is 5. The van der Waals surface area contributed by atoms with E-state index in [1.165, 1.54) is 50.6 Å². The van der Waals surface area contributed by atoms with Crippen LogP contribution in [0.25, 0.3) is 0 Å². The molecule has 0 saturated carbocycles. The van der Waals surface area contributed by atoms with Gasteiger partial charge < -0.3 is 44.8 Å². The van der Waals surface area contributed by atoms with Gasteiger partial charge in [0.2, 0.25) is 5.75 Å². The molecule has 9 heteroatoms. The van der Waals surface area contributed by atoms with Crippen LogP contribution in [0.5, 0.6) is 46.0 Å². The minimum atomic E-state index is -1.10. The Hall–Kier alpha value is -4.76. The molecule has 1 aliphatic rings. The van der Waals surface area contributed by atoms with Gasteiger partial charge in [0.25, 0.3) is 0 Å². The fourth-order valence-corrected chi connectivity index (χ4v) is 5.51. The first-order chi connectivity index (χ1) is 19.7. The van der Waals surface area contributed by atoms with Crippen LogP contribution in [-0.2, 0) is 12.8 Å². The molecule has 0 aromatic heterocycles. The zero-order chi connectivity index (χ0) is 29.3. The highest BCUT2D eigenvalue weighted by Gasteiger charge is 2.32. The van der Waals surface area contributed by atoms with Gasteiger partial charge in [0.1, 0.15) is 28.7 Å². The molecule has 214 valence electrons. The molecule has 1 heterocycles. The Morgan fingerprint density at radius 1 is 0.805 bits per heavy atom. The molecule has 1 aliphatic heterocycles. The van der Waals surface area contributed by atoms with Crippen LogP contribution in [0.1, 0.15) is 39.7 Å². The maximum Gasteiger partial charge on any atom is 0.203 e. The highest BCUT2D eigenvalue weighted by atomic mass is 16.5. The lowest BCUT2D eigenvalue weighted by atomic mass is 9.81. The van der Waals surface area contributed by atoms with Crippen molar-refractivity contribution >= 4 is 0 Å². The van der Waals surface area contributed by atoms with Crippen molar-refractivity contribution in [2.75, 3.05) is 20.8 Å². The van der Waals surface area contributed by atoms with Gasteiger partial charge in [0.05, 0.1) is 26.9 Å².